The molecule has 0 saturated carbocycles. The molecule has 0 aliphatic heterocycles. The number of hydrogen-bond acceptors (Lipinski definition) is 3. The van der Waals surface area contributed by atoms with Gasteiger partial charge in [0.15, 0.2) is 0 Å². The number of para-hydroxylation sites is 1. The lowest BCUT2D eigenvalue weighted by atomic mass is 10.1. The van der Waals surface area contributed by atoms with E-state index in [2.05, 4.69) is 15.6 Å². The third-order valence-electron chi connectivity index (χ3n) is 3.86. The third-order valence-corrected chi connectivity index (χ3v) is 4.17. The van der Waals surface area contributed by atoms with Crippen LogP contribution in [0.3, 0.4) is 0 Å². The maximum atomic E-state index is 12.5. The minimum atomic E-state index is -0.442. The molecule has 0 fully saturated rings. The van der Waals surface area contributed by atoms with Gasteiger partial charge in [0.1, 0.15) is 0 Å². The number of benzene rings is 2. The van der Waals surface area contributed by atoms with Gasteiger partial charge in [0.05, 0.1) is 28.1 Å². The van der Waals surface area contributed by atoms with Gasteiger partial charge in [-0.3, -0.25) is 14.7 Å². The summed E-state index contributed by atoms with van der Waals surface area (Å²) in [6.45, 7) is 3.65. The van der Waals surface area contributed by atoms with E-state index in [1.807, 2.05) is 37.3 Å². The predicted molar refractivity (Wildman–Crippen MR) is 102 cm³/mol. The van der Waals surface area contributed by atoms with Gasteiger partial charge in [0, 0.05) is 5.69 Å². The van der Waals surface area contributed by atoms with Crippen LogP contribution in [0.4, 0.5) is 0 Å². The van der Waals surface area contributed by atoms with Crippen LogP contribution < -0.4 is 11.0 Å². The van der Waals surface area contributed by atoms with Crippen molar-refractivity contribution >= 4 is 23.7 Å². The molecule has 0 bridgehead atoms. The third kappa shape index (κ3) is 3.60. The van der Waals surface area contributed by atoms with Gasteiger partial charge in [-0.25, -0.2) is 10.1 Å². The Morgan fingerprint density at radius 2 is 1.92 bits per heavy atom. The van der Waals surface area contributed by atoms with E-state index in [0.29, 0.717) is 21.8 Å². The fraction of sp³-hybridized carbons (Fsp3) is 0.105. The lowest BCUT2D eigenvalue weighted by Gasteiger charge is -2.03. The van der Waals surface area contributed by atoms with Crippen LogP contribution in [0.25, 0.3) is 5.69 Å². The predicted octanol–water partition coefficient (Wildman–Crippen LogP) is 3.20. The molecule has 1 aromatic heterocycles. The molecule has 0 atom stereocenters. The van der Waals surface area contributed by atoms with E-state index >= 15 is 0 Å². The maximum absolute atomic E-state index is 12.5. The topological polar surface area (TPSA) is 79.2 Å². The Hall–Kier alpha value is -3.12. The number of carbonyl (C=O) groups excluding carboxylic acids is 1. The second kappa shape index (κ2) is 7.41. The van der Waals surface area contributed by atoms with Gasteiger partial charge < -0.3 is 0 Å². The van der Waals surface area contributed by atoms with Crippen LogP contribution >= 0.6 is 11.6 Å². The highest BCUT2D eigenvalue weighted by atomic mass is 35.5. The summed E-state index contributed by atoms with van der Waals surface area (Å²) in [5.41, 5.74) is 5.15. The zero-order valence-corrected chi connectivity index (χ0v) is 15.0. The monoisotopic (exact) mass is 368 g/mol. The van der Waals surface area contributed by atoms with Gasteiger partial charge in [0.25, 0.3) is 11.5 Å². The van der Waals surface area contributed by atoms with E-state index in [0.717, 1.165) is 11.3 Å². The number of rotatable bonds is 4. The zero-order chi connectivity index (χ0) is 18.7. The minimum absolute atomic E-state index is 0.250. The molecule has 0 aliphatic carbocycles. The van der Waals surface area contributed by atoms with E-state index in [-0.39, 0.29) is 5.56 Å². The van der Waals surface area contributed by atoms with Crippen LogP contribution in [0.5, 0.6) is 0 Å². The molecule has 6 nitrogen and oxygen atoms in total. The summed E-state index contributed by atoms with van der Waals surface area (Å²) in [5, 5.41) is 7.24. The number of aromatic nitrogens is 2. The number of amides is 1. The fourth-order valence-corrected chi connectivity index (χ4v) is 2.81. The highest BCUT2D eigenvalue weighted by Crippen LogP contribution is 2.17. The van der Waals surface area contributed by atoms with Crippen molar-refractivity contribution in [3.05, 3.63) is 86.3 Å². The molecule has 0 unspecified atom stereocenters. The minimum Gasteiger partial charge on any atom is -0.295 e. The molecule has 2 aromatic carbocycles. The summed E-state index contributed by atoms with van der Waals surface area (Å²) in [5.74, 6) is -0.442. The van der Waals surface area contributed by atoms with E-state index in [1.54, 1.807) is 25.1 Å². The molecule has 0 radical (unpaired) electrons. The van der Waals surface area contributed by atoms with Gasteiger partial charge in [-0.1, -0.05) is 35.9 Å². The van der Waals surface area contributed by atoms with Crippen LogP contribution in [0.15, 0.2) is 58.4 Å². The standard InChI is InChI=1S/C19H17ClN4O2/c1-12-8-9-15(17(20)10-12)18(25)22-21-11-16-13(2)23-24(19(16)26)14-6-4-3-5-7-14/h3-11,23H,1-2H3,(H,22,25)/b21-11-. The molecule has 1 amide bonds. The van der Waals surface area contributed by atoms with Crippen molar-refractivity contribution in [2.24, 2.45) is 5.10 Å². The number of nitrogens with one attached hydrogen (secondary N) is 2. The number of carbonyl (C=O) groups is 1. The number of H-pyrrole nitrogens is 1. The van der Waals surface area contributed by atoms with Gasteiger partial charge >= 0.3 is 0 Å². The SMILES string of the molecule is Cc1ccc(C(=O)N/N=C\c2c(C)[nH]n(-c3ccccc3)c2=O)c(Cl)c1. The van der Waals surface area contributed by atoms with Gasteiger partial charge in [-0.15, -0.1) is 0 Å². The van der Waals surface area contributed by atoms with Crippen molar-refractivity contribution in [1.29, 1.82) is 0 Å². The van der Waals surface area contributed by atoms with Crippen molar-refractivity contribution in [2.75, 3.05) is 0 Å². The summed E-state index contributed by atoms with van der Waals surface area (Å²) in [4.78, 5) is 24.7. The Morgan fingerprint density at radius 3 is 2.62 bits per heavy atom. The molecule has 26 heavy (non-hydrogen) atoms. The largest absolute Gasteiger partial charge is 0.295 e. The average Bonchev–Trinajstić information content (AvgIpc) is 2.90. The van der Waals surface area contributed by atoms with Crippen molar-refractivity contribution in [1.82, 2.24) is 15.2 Å². The van der Waals surface area contributed by atoms with Crippen LogP contribution in [0.1, 0.15) is 27.2 Å². The van der Waals surface area contributed by atoms with Crippen molar-refractivity contribution in [2.45, 2.75) is 13.8 Å². The summed E-state index contributed by atoms with van der Waals surface area (Å²) in [6.07, 6.45) is 1.33. The van der Waals surface area contributed by atoms with Crippen LogP contribution in [0.2, 0.25) is 5.02 Å². The summed E-state index contributed by atoms with van der Waals surface area (Å²) < 4.78 is 1.43. The van der Waals surface area contributed by atoms with E-state index in [1.165, 1.54) is 10.9 Å². The number of hydrazone groups is 1. The highest BCUT2D eigenvalue weighted by Gasteiger charge is 2.12. The Morgan fingerprint density at radius 1 is 1.19 bits per heavy atom. The fourth-order valence-electron chi connectivity index (χ4n) is 2.49. The van der Waals surface area contributed by atoms with Crippen molar-refractivity contribution in [3.63, 3.8) is 0 Å². The summed E-state index contributed by atoms with van der Waals surface area (Å²) >= 11 is 6.07. The first kappa shape index (κ1) is 17.7. The molecule has 2 N–H and O–H groups in total. The average molecular weight is 369 g/mol. The van der Waals surface area contributed by atoms with E-state index in [9.17, 15) is 9.59 Å². The molecule has 132 valence electrons. The quantitative estimate of drug-likeness (QED) is 0.548. The zero-order valence-electron chi connectivity index (χ0n) is 14.3. The summed E-state index contributed by atoms with van der Waals surface area (Å²) in [7, 11) is 0. The first-order chi connectivity index (χ1) is 12.5. The molecule has 3 rings (SSSR count). The van der Waals surface area contributed by atoms with Gasteiger partial charge in [0.2, 0.25) is 0 Å². The molecule has 0 spiro atoms. The number of aryl methyl sites for hydroxylation is 2. The number of halogens is 1. The van der Waals surface area contributed by atoms with Gasteiger partial charge in [-0.05, 0) is 43.7 Å². The Kier molecular flexibility index (Phi) is 5.04. The lowest BCUT2D eigenvalue weighted by Crippen LogP contribution is -2.20. The Bertz CT molecular complexity index is 1040. The molecule has 0 aliphatic rings. The summed E-state index contributed by atoms with van der Waals surface area (Å²) in [6, 6.07) is 14.3. The lowest BCUT2D eigenvalue weighted by molar-refractivity contribution is 0.0955. The van der Waals surface area contributed by atoms with Gasteiger partial charge in [-0.2, -0.15) is 5.10 Å². The smallest absolute Gasteiger partial charge is 0.280 e. The van der Waals surface area contributed by atoms with Crippen LogP contribution in [-0.4, -0.2) is 21.9 Å². The number of aromatic amines is 1. The molecule has 1 heterocycles. The maximum Gasteiger partial charge on any atom is 0.280 e. The molecular formula is C19H17ClN4O2. The number of nitrogens with zero attached hydrogens (tertiary/aromatic N) is 2. The second-order valence-corrected chi connectivity index (χ2v) is 6.22. The first-order valence-corrected chi connectivity index (χ1v) is 8.32. The Labute approximate surface area is 155 Å². The molecular weight excluding hydrogens is 352 g/mol. The van der Waals surface area contributed by atoms with E-state index in [4.69, 9.17) is 11.6 Å². The second-order valence-electron chi connectivity index (χ2n) is 5.81. The van der Waals surface area contributed by atoms with Crippen molar-refractivity contribution in [3.8, 4) is 5.69 Å². The van der Waals surface area contributed by atoms with Crippen molar-refractivity contribution < 1.29 is 4.79 Å². The number of hydrogen-bond donors (Lipinski definition) is 2. The Balaban J connectivity index is 1.80. The van der Waals surface area contributed by atoms with E-state index < -0.39 is 5.91 Å². The van der Waals surface area contributed by atoms with Crippen LogP contribution in [-0.2, 0) is 0 Å². The molecule has 3 aromatic rings. The normalized spacial score (nSPS) is 11.0. The van der Waals surface area contributed by atoms with Crippen LogP contribution in [0, 0.1) is 13.8 Å². The molecule has 0 saturated heterocycles. The molecule has 7 heteroatoms. The highest BCUT2D eigenvalue weighted by molar-refractivity contribution is 6.33. The first-order valence-electron chi connectivity index (χ1n) is 7.94.